The third kappa shape index (κ3) is 9.25. The number of hydrogen-bond acceptors (Lipinski definition) is 4. The molecular weight excluding hydrogens is 569 g/mol. The molecule has 0 aliphatic rings. The molecule has 7 nitrogen and oxygen atoms in total. The number of nitrogens with zero attached hydrogens (tertiary/aromatic N) is 2. The Morgan fingerprint density at radius 3 is 2.08 bits per heavy atom. The third-order valence-electron chi connectivity index (χ3n) is 6.24. The minimum Gasteiger partial charge on any atom is -0.352 e. The molecule has 40 heavy (non-hydrogen) atoms. The molecule has 2 amide bonds. The van der Waals surface area contributed by atoms with E-state index in [9.17, 15) is 18.0 Å². The Morgan fingerprint density at radius 2 is 1.50 bits per heavy atom. The molecule has 0 aliphatic carbocycles. The van der Waals surface area contributed by atoms with Gasteiger partial charge in [0.15, 0.2) is 0 Å². The summed E-state index contributed by atoms with van der Waals surface area (Å²) < 4.78 is 26.3. The summed E-state index contributed by atoms with van der Waals surface area (Å²) in [4.78, 5) is 28.8. The van der Waals surface area contributed by atoms with Gasteiger partial charge in [0.1, 0.15) is 6.04 Å². The molecule has 0 fully saturated rings. The van der Waals surface area contributed by atoms with Crippen molar-refractivity contribution in [1.82, 2.24) is 10.2 Å². The first-order chi connectivity index (χ1) is 19.0. The molecule has 3 aromatic carbocycles. The van der Waals surface area contributed by atoms with E-state index in [0.29, 0.717) is 22.2 Å². The summed E-state index contributed by atoms with van der Waals surface area (Å²) in [6, 6.07) is 22.5. The lowest BCUT2D eigenvalue weighted by Crippen LogP contribution is -2.51. The molecule has 1 unspecified atom stereocenters. The summed E-state index contributed by atoms with van der Waals surface area (Å²) in [6.45, 7) is 3.99. The first-order valence-electron chi connectivity index (χ1n) is 13.1. The lowest BCUT2D eigenvalue weighted by Gasteiger charge is -2.32. The predicted molar refractivity (Wildman–Crippen MR) is 162 cm³/mol. The maximum Gasteiger partial charge on any atom is 0.243 e. The molecule has 0 aliphatic heterocycles. The lowest BCUT2D eigenvalue weighted by atomic mass is 10.0. The number of benzene rings is 3. The van der Waals surface area contributed by atoms with Crippen LogP contribution in [0.15, 0.2) is 78.9 Å². The van der Waals surface area contributed by atoms with Gasteiger partial charge in [-0.15, -0.1) is 0 Å². The van der Waals surface area contributed by atoms with E-state index in [4.69, 9.17) is 23.2 Å². The maximum absolute atomic E-state index is 13.8. The number of carbonyl (C=O) groups excluding carboxylic acids is 2. The van der Waals surface area contributed by atoms with Gasteiger partial charge in [-0.25, -0.2) is 8.42 Å². The monoisotopic (exact) mass is 603 g/mol. The van der Waals surface area contributed by atoms with E-state index in [2.05, 4.69) is 5.32 Å². The van der Waals surface area contributed by atoms with Crippen molar-refractivity contribution < 1.29 is 18.0 Å². The standard InChI is InChI=1S/C30H35Cl2N3O4S/c1-22(2)33-30(37)28(20-23-11-6-4-7-12-23)34(21-24-16-17-26(31)27(32)19-24)29(36)15-10-18-35(40(3,38)39)25-13-8-5-9-14-25/h4-9,11-14,16-17,19,22,28H,10,15,18,20-21H2,1-3H3,(H,33,37). The van der Waals surface area contributed by atoms with Crippen LogP contribution in [-0.4, -0.2) is 50.0 Å². The first-order valence-corrected chi connectivity index (χ1v) is 15.7. The Balaban J connectivity index is 1.89. The second-order valence-corrected chi connectivity index (χ2v) is 12.6. The van der Waals surface area contributed by atoms with E-state index in [1.807, 2.05) is 50.2 Å². The quantitative estimate of drug-likeness (QED) is 0.271. The van der Waals surface area contributed by atoms with Gasteiger partial charge in [-0.3, -0.25) is 13.9 Å². The van der Waals surface area contributed by atoms with Crippen LogP contribution < -0.4 is 9.62 Å². The second kappa shape index (κ2) is 14.5. The van der Waals surface area contributed by atoms with Crippen molar-refractivity contribution in [2.75, 3.05) is 17.1 Å². The molecule has 10 heteroatoms. The Labute approximate surface area is 247 Å². The molecule has 3 aromatic rings. The number of anilines is 1. The second-order valence-electron chi connectivity index (χ2n) is 9.91. The molecule has 3 rings (SSSR count). The Hall–Kier alpha value is -3.07. The van der Waals surface area contributed by atoms with Gasteiger partial charge >= 0.3 is 0 Å². The molecule has 1 atom stereocenters. The van der Waals surface area contributed by atoms with Crippen molar-refractivity contribution in [2.45, 2.75) is 51.7 Å². The summed E-state index contributed by atoms with van der Waals surface area (Å²) in [5, 5.41) is 3.70. The Kier molecular flexibility index (Phi) is 11.4. The minimum atomic E-state index is -3.56. The zero-order valence-electron chi connectivity index (χ0n) is 22.9. The van der Waals surface area contributed by atoms with Crippen LogP contribution in [-0.2, 0) is 32.6 Å². The molecule has 0 aromatic heterocycles. The zero-order valence-corrected chi connectivity index (χ0v) is 25.2. The van der Waals surface area contributed by atoms with Crippen LogP contribution in [0.5, 0.6) is 0 Å². The summed E-state index contributed by atoms with van der Waals surface area (Å²) in [5.74, 6) is -0.540. The number of para-hydroxylation sites is 1. The topological polar surface area (TPSA) is 86.8 Å². The molecular formula is C30H35Cl2N3O4S. The number of amides is 2. The maximum atomic E-state index is 13.8. The van der Waals surface area contributed by atoms with Crippen LogP contribution >= 0.6 is 23.2 Å². The Morgan fingerprint density at radius 1 is 0.875 bits per heavy atom. The van der Waals surface area contributed by atoms with Crippen LogP contribution in [0, 0.1) is 0 Å². The smallest absolute Gasteiger partial charge is 0.243 e. The van der Waals surface area contributed by atoms with Gasteiger partial charge in [0.05, 0.1) is 22.0 Å². The predicted octanol–water partition coefficient (Wildman–Crippen LogP) is 5.70. The van der Waals surface area contributed by atoms with Crippen molar-refractivity contribution >= 4 is 50.7 Å². The van der Waals surface area contributed by atoms with Crippen molar-refractivity contribution in [3.8, 4) is 0 Å². The largest absolute Gasteiger partial charge is 0.352 e. The number of carbonyl (C=O) groups is 2. The van der Waals surface area contributed by atoms with E-state index in [1.165, 1.54) is 4.31 Å². The number of rotatable bonds is 13. The minimum absolute atomic E-state index is 0.0421. The lowest BCUT2D eigenvalue weighted by molar-refractivity contribution is -0.141. The van der Waals surface area contributed by atoms with E-state index >= 15 is 0 Å². The summed E-state index contributed by atoms with van der Waals surface area (Å²) in [6.07, 6.45) is 1.76. The van der Waals surface area contributed by atoms with Gasteiger partial charge in [-0.2, -0.15) is 0 Å². The van der Waals surface area contributed by atoms with Crippen molar-refractivity contribution in [3.63, 3.8) is 0 Å². The van der Waals surface area contributed by atoms with Gasteiger partial charge < -0.3 is 10.2 Å². The molecule has 0 saturated heterocycles. The molecule has 0 radical (unpaired) electrons. The van der Waals surface area contributed by atoms with Crippen LogP contribution in [0.25, 0.3) is 0 Å². The van der Waals surface area contributed by atoms with E-state index in [-0.39, 0.29) is 43.8 Å². The van der Waals surface area contributed by atoms with Gasteiger partial charge in [0.2, 0.25) is 21.8 Å². The summed E-state index contributed by atoms with van der Waals surface area (Å²) >= 11 is 12.4. The molecule has 0 bridgehead atoms. The SMILES string of the molecule is CC(C)NC(=O)C(Cc1ccccc1)N(Cc1ccc(Cl)c(Cl)c1)C(=O)CCCN(c1ccccc1)S(C)(=O)=O. The van der Waals surface area contributed by atoms with E-state index in [1.54, 1.807) is 47.4 Å². The van der Waals surface area contributed by atoms with Crippen LogP contribution in [0.4, 0.5) is 5.69 Å². The van der Waals surface area contributed by atoms with Crippen molar-refractivity contribution in [2.24, 2.45) is 0 Å². The van der Waals surface area contributed by atoms with Crippen LogP contribution in [0.3, 0.4) is 0 Å². The molecule has 0 heterocycles. The highest BCUT2D eigenvalue weighted by molar-refractivity contribution is 7.92. The van der Waals surface area contributed by atoms with Crippen LogP contribution in [0.1, 0.15) is 37.8 Å². The normalized spacial score (nSPS) is 12.2. The number of sulfonamides is 1. The number of nitrogens with one attached hydrogen (secondary N) is 1. The highest BCUT2D eigenvalue weighted by atomic mass is 35.5. The summed E-state index contributed by atoms with van der Waals surface area (Å²) in [5.41, 5.74) is 2.16. The van der Waals surface area contributed by atoms with Gasteiger partial charge in [-0.1, -0.05) is 77.8 Å². The average molecular weight is 605 g/mol. The van der Waals surface area contributed by atoms with Crippen LogP contribution in [0.2, 0.25) is 10.0 Å². The molecule has 0 saturated carbocycles. The van der Waals surface area contributed by atoms with Crippen molar-refractivity contribution in [1.29, 1.82) is 0 Å². The zero-order chi connectivity index (χ0) is 29.3. The Bertz CT molecular complexity index is 1390. The average Bonchev–Trinajstić information content (AvgIpc) is 2.90. The number of hydrogen-bond donors (Lipinski definition) is 1. The van der Waals surface area contributed by atoms with Gasteiger partial charge in [-0.05, 0) is 55.7 Å². The highest BCUT2D eigenvalue weighted by Crippen LogP contribution is 2.25. The summed E-state index contributed by atoms with van der Waals surface area (Å²) in [7, 11) is -3.56. The molecule has 214 valence electrons. The third-order valence-corrected chi connectivity index (χ3v) is 8.17. The first kappa shape index (κ1) is 31.5. The molecule has 1 N–H and O–H groups in total. The highest BCUT2D eigenvalue weighted by Gasteiger charge is 2.31. The fraction of sp³-hybridized carbons (Fsp3) is 0.333. The molecule has 0 spiro atoms. The van der Waals surface area contributed by atoms with Crippen molar-refractivity contribution in [3.05, 3.63) is 100 Å². The van der Waals surface area contributed by atoms with E-state index < -0.39 is 16.1 Å². The number of halogens is 2. The van der Waals surface area contributed by atoms with E-state index in [0.717, 1.165) is 17.4 Å². The van der Waals surface area contributed by atoms with Gasteiger partial charge in [0, 0.05) is 32.0 Å². The van der Waals surface area contributed by atoms with Gasteiger partial charge in [0.25, 0.3) is 0 Å². The fourth-order valence-electron chi connectivity index (χ4n) is 4.37. The fourth-order valence-corrected chi connectivity index (χ4v) is 5.65.